The standard InChI is InChI=1S/C10H13N3O/c1-11-7-9-3-6-14-10(9)8-13-5-2-4-12-13/h2-6,11H,7-8H2,1H3. The summed E-state index contributed by atoms with van der Waals surface area (Å²) in [6, 6.07) is 3.88. The fourth-order valence-electron chi connectivity index (χ4n) is 1.39. The summed E-state index contributed by atoms with van der Waals surface area (Å²) in [7, 11) is 1.92. The van der Waals surface area contributed by atoms with Gasteiger partial charge in [-0.15, -0.1) is 0 Å². The van der Waals surface area contributed by atoms with Gasteiger partial charge in [-0.05, 0) is 19.2 Å². The Morgan fingerprint density at radius 2 is 2.50 bits per heavy atom. The maximum Gasteiger partial charge on any atom is 0.129 e. The van der Waals surface area contributed by atoms with E-state index in [2.05, 4.69) is 10.4 Å². The molecule has 0 amide bonds. The van der Waals surface area contributed by atoms with E-state index in [0.29, 0.717) is 6.54 Å². The number of hydrogen-bond acceptors (Lipinski definition) is 3. The normalized spacial score (nSPS) is 10.6. The topological polar surface area (TPSA) is 43.0 Å². The van der Waals surface area contributed by atoms with E-state index >= 15 is 0 Å². The van der Waals surface area contributed by atoms with Crippen molar-refractivity contribution in [1.29, 1.82) is 0 Å². The van der Waals surface area contributed by atoms with Crippen molar-refractivity contribution in [3.8, 4) is 0 Å². The Bertz CT molecular complexity index is 378. The van der Waals surface area contributed by atoms with Gasteiger partial charge in [-0.3, -0.25) is 4.68 Å². The van der Waals surface area contributed by atoms with Crippen LogP contribution in [0.1, 0.15) is 11.3 Å². The van der Waals surface area contributed by atoms with Crippen molar-refractivity contribution in [3.63, 3.8) is 0 Å². The molecule has 74 valence electrons. The van der Waals surface area contributed by atoms with E-state index in [9.17, 15) is 0 Å². The smallest absolute Gasteiger partial charge is 0.129 e. The largest absolute Gasteiger partial charge is 0.467 e. The summed E-state index contributed by atoms with van der Waals surface area (Å²) < 4.78 is 7.23. The molecule has 0 saturated carbocycles. The van der Waals surface area contributed by atoms with Gasteiger partial charge in [0.1, 0.15) is 5.76 Å². The van der Waals surface area contributed by atoms with Gasteiger partial charge in [0.05, 0.1) is 12.8 Å². The third-order valence-electron chi connectivity index (χ3n) is 2.07. The van der Waals surface area contributed by atoms with E-state index in [1.807, 2.05) is 30.1 Å². The molecule has 0 aliphatic rings. The van der Waals surface area contributed by atoms with Crippen LogP contribution in [0.25, 0.3) is 0 Å². The van der Waals surface area contributed by atoms with E-state index in [1.165, 1.54) is 5.56 Å². The van der Waals surface area contributed by atoms with Crippen LogP contribution in [0.3, 0.4) is 0 Å². The predicted molar refractivity (Wildman–Crippen MR) is 52.8 cm³/mol. The second-order valence-corrected chi connectivity index (χ2v) is 3.10. The molecule has 2 rings (SSSR count). The minimum Gasteiger partial charge on any atom is -0.467 e. The maximum atomic E-state index is 5.39. The van der Waals surface area contributed by atoms with Crippen molar-refractivity contribution < 1.29 is 4.42 Å². The van der Waals surface area contributed by atoms with Gasteiger partial charge in [0.25, 0.3) is 0 Å². The molecule has 0 radical (unpaired) electrons. The molecule has 1 N–H and O–H groups in total. The van der Waals surface area contributed by atoms with E-state index in [1.54, 1.807) is 12.5 Å². The fraction of sp³-hybridized carbons (Fsp3) is 0.300. The molecule has 0 unspecified atom stereocenters. The number of nitrogens with zero attached hydrogens (tertiary/aromatic N) is 2. The molecular formula is C10H13N3O. The highest BCUT2D eigenvalue weighted by atomic mass is 16.3. The van der Waals surface area contributed by atoms with E-state index in [4.69, 9.17) is 4.42 Å². The van der Waals surface area contributed by atoms with Gasteiger partial charge in [-0.2, -0.15) is 5.10 Å². The first-order valence-corrected chi connectivity index (χ1v) is 4.57. The molecule has 0 aliphatic carbocycles. The van der Waals surface area contributed by atoms with Crippen LogP contribution < -0.4 is 5.32 Å². The second kappa shape index (κ2) is 4.11. The van der Waals surface area contributed by atoms with Gasteiger partial charge in [-0.25, -0.2) is 0 Å². The van der Waals surface area contributed by atoms with Crippen molar-refractivity contribution in [2.24, 2.45) is 0 Å². The van der Waals surface area contributed by atoms with Crippen molar-refractivity contribution >= 4 is 0 Å². The molecule has 14 heavy (non-hydrogen) atoms. The van der Waals surface area contributed by atoms with Gasteiger partial charge in [0.15, 0.2) is 0 Å². The van der Waals surface area contributed by atoms with Crippen molar-refractivity contribution in [1.82, 2.24) is 15.1 Å². The number of nitrogens with one attached hydrogen (secondary N) is 1. The summed E-state index contributed by atoms with van der Waals surface area (Å²) in [6.45, 7) is 1.52. The Kier molecular flexibility index (Phi) is 2.65. The molecule has 4 nitrogen and oxygen atoms in total. The van der Waals surface area contributed by atoms with Gasteiger partial charge in [-0.1, -0.05) is 0 Å². The molecule has 0 aromatic carbocycles. The van der Waals surface area contributed by atoms with Crippen LogP contribution in [0.4, 0.5) is 0 Å². The third-order valence-corrected chi connectivity index (χ3v) is 2.07. The molecular weight excluding hydrogens is 178 g/mol. The lowest BCUT2D eigenvalue weighted by Crippen LogP contribution is -2.08. The summed E-state index contributed by atoms with van der Waals surface area (Å²) in [4.78, 5) is 0. The number of rotatable bonds is 4. The van der Waals surface area contributed by atoms with Gasteiger partial charge < -0.3 is 9.73 Å². The highest BCUT2D eigenvalue weighted by Gasteiger charge is 2.05. The first-order valence-electron chi connectivity index (χ1n) is 4.57. The molecule has 2 aromatic rings. The molecule has 2 heterocycles. The Balaban J connectivity index is 2.12. The molecule has 4 heteroatoms. The molecule has 0 atom stereocenters. The van der Waals surface area contributed by atoms with E-state index in [0.717, 1.165) is 12.3 Å². The Hall–Kier alpha value is -1.55. The van der Waals surface area contributed by atoms with Crippen LogP contribution in [-0.2, 0) is 13.1 Å². The zero-order valence-electron chi connectivity index (χ0n) is 8.10. The third kappa shape index (κ3) is 1.85. The fourth-order valence-corrected chi connectivity index (χ4v) is 1.39. The van der Waals surface area contributed by atoms with Crippen LogP contribution in [0.5, 0.6) is 0 Å². The van der Waals surface area contributed by atoms with Crippen LogP contribution in [0, 0.1) is 0 Å². The SMILES string of the molecule is CNCc1ccoc1Cn1cccn1. The first kappa shape index (κ1) is 9.02. The number of furan rings is 1. The summed E-state index contributed by atoms with van der Waals surface area (Å²) in [5.41, 5.74) is 1.18. The van der Waals surface area contributed by atoms with Crippen LogP contribution in [0.2, 0.25) is 0 Å². The van der Waals surface area contributed by atoms with Crippen molar-refractivity contribution in [2.75, 3.05) is 7.05 Å². The van der Waals surface area contributed by atoms with Crippen LogP contribution in [0.15, 0.2) is 35.2 Å². The summed E-state index contributed by atoms with van der Waals surface area (Å²) >= 11 is 0. The number of aromatic nitrogens is 2. The first-order chi connectivity index (χ1) is 6.90. The highest BCUT2D eigenvalue weighted by molar-refractivity contribution is 5.16. The summed E-state index contributed by atoms with van der Waals surface area (Å²) in [6.07, 6.45) is 5.40. The Labute approximate surface area is 82.5 Å². The van der Waals surface area contributed by atoms with E-state index < -0.39 is 0 Å². The molecule has 0 bridgehead atoms. The minimum absolute atomic E-state index is 0.691. The predicted octanol–water partition coefficient (Wildman–Crippen LogP) is 1.24. The number of hydrogen-bond donors (Lipinski definition) is 1. The lowest BCUT2D eigenvalue weighted by molar-refractivity contribution is 0.473. The average Bonchev–Trinajstić information content (AvgIpc) is 2.80. The van der Waals surface area contributed by atoms with Gasteiger partial charge in [0.2, 0.25) is 0 Å². The van der Waals surface area contributed by atoms with E-state index in [-0.39, 0.29) is 0 Å². The average molecular weight is 191 g/mol. The second-order valence-electron chi connectivity index (χ2n) is 3.10. The van der Waals surface area contributed by atoms with Crippen molar-refractivity contribution in [3.05, 3.63) is 42.1 Å². The zero-order chi connectivity index (χ0) is 9.80. The Morgan fingerprint density at radius 1 is 1.57 bits per heavy atom. The molecule has 2 aromatic heterocycles. The zero-order valence-corrected chi connectivity index (χ0v) is 8.10. The van der Waals surface area contributed by atoms with Gasteiger partial charge in [0, 0.05) is 24.5 Å². The van der Waals surface area contributed by atoms with Crippen LogP contribution in [-0.4, -0.2) is 16.8 Å². The monoisotopic (exact) mass is 191 g/mol. The highest BCUT2D eigenvalue weighted by Crippen LogP contribution is 2.11. The van der Waals surface area contributed by atoms with Crippen molar-refractivity contribution in [2.45, 2.75) is 13.1 Å². The van der Waals surface area contributed by atoms with Gasteiger partial charge >= 0.3 is 0 Å². The minimum atomic E-state index is 0.691. The quantitative estimate of drug-likeness (QED) is 0.790. The molecule has 0 saturated heterocycles. The molecule has 0 spiro atoms. The maximum absolute atomic E-state index is 5.39. The lowest BCUT2D eigenvalue weighted by atomic mass is 10.2. The lowest BCUT2D eigenvalue weighted by Gasteiger charge is -2.01. The Morgan fingerprint density at radius 3 is 3.21 bits per heavy atom. The summed E-state index contributed by atoms with van der Waals surface area (Å²) in [5.74, 6) is 0.961. The molecule has 0 aliphatic heterocycles. The molecule has 0 fully saturated rings. The van der Waals surface area contributed by atoms with Crippen LogP contribution >= 0.6 is 0 Å². The summed E-state index contributed by atoms with van der Waals surface area (Å²) in [5, 5.41) is 7.23.